The zero-order chi connectivity index (χ0) is 22.0. The lowest BCUT2D eigenvalue weighted by molar-refractivity contribution is -0.137. The van der Waals surface area contributed by atoms with Crippen LogP contribution < -0.4 is 10.1 Å². The Kier molecular flexibility index (Phi) is 5.74. The molecule has 0 fully saturated rings. The van der Waals surface area contributed by atoms with E-state index in [1.54, 1.807) is 13.2 Å². The molecule has 1 heterocycles. The molecule has 0 spiro atoms. The van der Waals surface area contributed by atoms with Gasteiger partial charge in [0, 0.05) is 29.9 Å². The van der Waals surface area contributed by atoms with Crippen LogP contribution in [-0.4, -0.2) is 11.7 Å². The predicted octanol–water partition coefficient (Wildman–Crippen LogP) is 6.26. The molecule has 31 heavy (non-hydrogen) atoms. The fourth-order valence-corrected chi connectivity index (χ4v) is 3.91. The summed E-state index contributed by atoms with van der Waals surface area (Å²) in [7, 11) is 1.63. The van der Waals surface area contributed by atoms with Crippen LogP contribution in [0.5, 0.6) is 5.75 Å². The average Bonchev–Trinajstić information content (AvgIpc) is 3.04. The number of nitrogens with one attached hydrogen (secondary N) is 1. The normalized spacial score (nSPS) is 11.8. The molecule has 0 saturated carbocycles. The van der Waals surface area contributed by atoms with Gasteiger partial charge in [0.15, 0.2) is 0 Å². The Hall–Kier alpha value is -3.25. The Balaban J connectivity index is 1.65. The van der Waals surface area contributed by atoms with E-state index in [2.05, 4.69) is 28.9 Å². The van der Waals surface area contributed by atoms with E-state index in [0.29, 0.717) is 18.7 Å². The van der Waals surface area contributed by atoms with Crippen molar-refractivity contribution in [3.63, 3.8) is 0 Å². The third-order valence-corrected chi connectivity index (χ3v) is 5.44. The number of halogens is 3. The van der Waals surface area contributed by atoms with Gasteiger partial charge >= 0.3 is 6.18 Å². The fraction of sp³-hybridized carbons (Fsp3) is 0.200. The standard InChI is InChI=1S/C25H23F3N2O/c1-17-23(16-29-15-18-7-6-8-19(13-18)25(26,27)28)22-14-21(31-2)11-12-24(22)30(17)20-9-4-3-5-10-20/h3-14,29H,15-16H2,1-2H3. The molecule has 0 amide bonds. The Morgan fingerprint density at radius 3 is 2.39 bits per heavy atom. The van der Waals surface area contributed by atoms with Crippen LogP contribution in [0.25, 0.3) is 16.6 Å². The monoisotopic (exact) mass is 424 g/mol. The first kappa shape index (κ1) is 21.0. The van der Waals surface area contributed by atoms with E-state index in [9.17, 15) is 13.2 Å². The maximum Gasteiger partial charge on any atom is 0.416 e. The van der Waals surface area contributed by atoms with Crippen LogP contribution in [0, 0.1) is 6.92 Å². The summed E-state index contributed by atoms with van der Waals surface area (Å²) in [4.78, 5) is 0. The number of rotatable bonds is 6. The highest BCUT2D eigenvalue weighted by Gasteiger charge is 2.30. The lowest BCUT2D eigenvalue weighted by atomic mass is 10.1. The van der Waals surface area contributed by atoms with Crippen LogP contribution in [0.15, 0.2) is 72.8 Å². The van der Waals surface area contributed by atoms with Crippen LogP contribution >= 0.6 is 0 Å². The molecule has 0 atom stereocenters. The van der Waals surface area contributed by atoms with Crippen molar-refractivity contribution >= 4 is 10.9 Å². The van der Waals surface area contributed by atoms with E-state index in [1.807, 2.05) is 36.4 Å². The maximum atomic E-state index is 13.0. The molecule has 1 aromatic heterocycles. The fourth-order valence-electron chi connectivity index (χ4n) is 3.91. The van der Waals surface area contributed by atoms with Crippen molar-refractivity contribution < 1.29 is 17.9 Å². The van der Waals surface area contributed by atoms with E-state index >= 15 is 0 Å². The third kappa shape index (κ3) is 4.30. The summed E-state index contributed by atoms with van der Waals surface area (Å²) in [5.74, 6) is 0.761. The van der Waals surface area contributed by atoms with Gasteiger partial charge in [-0.3, -0.25) is 0 Å². The SMILES string of the molecule is COc1ccc2c(c1)c(CNCc1cccc(C(F)(F)F)c1)c(C)n2-c1ccccc1. The van der Waals surface area contributed by atoms with Crippen molar-refractivity contribution in [2.45, 2.75) is 26.2 Å². The molecular formula is C25H23F3N2O. The number of fused-ring (bicyclic) bond motifs is 1. The minimum absolute atomic E-state index is 0.339. The van der Waals surface area contributed by atoms with Gasteiger partial charge in [-0.15, -0.1) is 0 Å². The number of methoxy groups -OCH3 is 1. The van der Waals surface area contributed by atoms with Crippen LogP contribution in [0.1, 0.15) is 22.4 Å². The summed E-state index contributed by atoms with van der Waals surface area (Å²) in [5.41, 5.74) is 4.24. The molecule has 160 valence electrons. The second-order valence-corrected chi connectivity index (χ2v) is 7.42. The topological polar surface area (TPSA) is 26.2 Å². The van der Waals surface area contributed by atoms with E-state index in [-0.39, 0.29) is 0 Å². The van der Waals surface area contributed by atoms with E-state index in [4.69, 9.17) is 4.74 Å². The summed E-state index contributed by atoms with van der Waals surface area (Å²) < 4.78 is 46.6. The van der Waals surface area contributed by atoms with Crippen LogP contribution in [0.2, 0.25) is 0 Å². The molecule has 0 aliphatic heterocycles. The van der Waals surface area contributed by atoms with Gasteiger partial charge in [-0.2, -0.15) is 13.2 Å². The van der Waals surface area contributed by atoms with E-state index in [1.165, 1.54) is 12.1 Å². The highest BCUT2D eigenvalue weighted by atomic mass is 19.4. The van der Waals surface area contributed by atoms with Crippen molar-refractivity contribution in [3.8, 4) is 11.4 Å². The van der Waals surface area contributed by atoms with Crippen LogP contribution in [0.4, 0.5) is 13.2 Å². The lowest BCUT2D eigenvalue weighted by Gasteiger charge is -2.11. The van der Waals surface area contributed by atoms with Crippen molar-refractivity contribution in [2.24, 2.45) is 0 Å². The smallest absolute Gasteiger partial charge is 0.416 e. The maximum absolute atomic E-state index is 13.0. The summed E-state index contributed by atoms with van der Waals surface area (Å²) >= 11 is 0. The van der Waals surface area contributed by atoms with Gasteiger partial charge in [0.2, 0.25) is 0 Å². The number of ether oxygens (including phenoxy) is 1. The quantitative estimate of drug-likeness (QED) is 0.396. The van der Waals surface area contributed by atoms with Gasteiger partial charge in [0.25, 0.3) is 0 Å². The number of hydrogen-bond acceptors (Lipinski definition) is 2. The third-order valence-electron chi connectivity index (χ3n) is 5.44. The first-order valence-electron chi connectivity index (χ1n) is 9.98. The molecule has 4 aromatic rings. The average molecular weight is 424 g/mol. The molecule has 3 nitrogen and oxygen atoms in total. The van der Waals surface area contributed by atoms with Crippen molar-refractivity contribution in [2.75, 3.05) is 7.11 Å². The number of para-hydroxylation sites is 1. The molecule has 1 N–H and O–H groups in total. The van der Waals surface area contributed by atoms with Gasteiger partial charge in [0.1, 0.15) is 5.75 Å². The van der Waals surface area contributed by atoms with Gasteiger partial charge in [-0.25, -0.2) is 0 Å². The van der Waals surface area contributed by atoms with Crippen molar-refractivity contribution in [1.82, 2.24) is 9.88 Å². The molecule has 3 aromatic carbocycles. The second kappa shape index (κ2) is 8.47. The van der Waals surface area contributed by atoms with Gasteiger partial charge < -0.3 is 14.6 Å². The molecule has 0 aliphatic carbocycles. The molecule has 0 radical (unpaired) electrons. The number of nitrogens with zero attached hydrogens (tertiary/aromatic N) is 1. The number of hydrogen-bond donors (Lipinski definition) is 1. The molecule has 0 aliphatic rings. The molecule has 6 heteroatoms. The largest absolute Gasteiger partial charge is 0.497 e. The second-order valence-electron chi connectivity index (χ2n) is 7.42. The molecule has 0 unspecified atom stereocenters. The number of benzene rings is 3. The van der Waals surface area contributed by atoms with Crippen molar-refractivity contribution in [3.05, 3.63) is 95.2 Å². The minimum atomic E-state index is -4.34. The molecule has 0 bridgehead atoms. The van der Waals surface area contributed by atoms with Gasteiger partial charge in [-0.1, -0.05) is 36.4 Å². The Bertz CT molecular complexity index is 1200. The van der Waals surface area contributed by atoms with E-state index < -0.39 is 11.7 Å². The Morgan fingerprint density at radius 2 is 1.68 bits per heavy atom. The first-order valence-corrected chi connectivity index (χ1v) is 9.98. The zero-order valence-corrected chi connectivity index (χ0v) is 17.3. The summed E-state index contributed by atoms with van der Waals surface area (Å²) in [5, 5.41) is 4.36. The highest BCUT2D eigenvalue weighted by molar-refractivity contribution is 5.88. The first-order chi connectivity index (χ1) is 14.9. The van der Waals surface area contributed by atoms with Crippen LogP contribution in [-0.2, 0) is 19.3 Å². The predicted molar refractivity (Wildman–Crippen MR) is 117 cm³/mol. The number of aromatic nitrogens is 1. The minimum Gasteiger partial charge on any atom is -0.497 e. The van der Waals surface area contributed by atoms with Crippen molar-refractivity contribution in [1.29, 1.82) is 0 Å². The van der Waals surface area contributed by atoms with Crippen LogP contribution in [0.3, 0.4) is 0 Å². The summed E-state index contributed by atoms with van der Waals surface area (Å²) in [6.45, 7) is 2.91. The molecular weight excluding hydrogens is 401 g/mol. The lowest BCUT2D eigenvalue weighted by Crippen LogP contribution is -2.14. The highest BCUT2D eigenvalue weighted by Crippen LogP contribution is 2.32. The molecule has 0 saturated heterocycles. The Labute approximate surface area is 179 Å². The Morgan fingerprint density at radius 1 is 0.903 bits per heavy atom. The number of alkyl halides is 3. The van der Waals surface area contributed by atoms with Gasteiger partial charge in [-0.05, 0) is 54.4 Å². The zero-order valence-electron chi connectivity index (χ0n) is 17.3. The molecule has 4 rings (SSSR count). The van der Waals surface area contributed by atoms with Gasteiger partial charge in [0.05, 0.1) is 18.2 Å². The van der Waals surface area contributed by atoms with E-state index in [0.717, 1.165) is 39.7 Å². The summed E-state index contributed by atoms with van der Waals surface area (Å²) in [6, 6.07) is 21.5. The summed E-state index contributed by atoms with van der Waals surface area (Å²) in [6.07, 6.45) is -4.34.